The van der Waals surface area contributed by atoms with Crippen LogP contribution < -0.4 is 0 Å². The van der Waals surface area contributed by atoms with E-state index >= 15 is 0 Å². The number of rotatable bonds is 4. The zero-order valence-corrected chi connectivity index (χ0v) is 20.3. The molecule has 0 aliphatic rings. The van der Waals surface area contributed by atoms with Crippen molar-refractivity contribution in [2.45, 2.75) is 75.2 Å². The third kappa shape index (κ3) is 5.01. The summed E-state index contributed by atoms with van der Waals surface area (Å²) in [6, 6.07) is 13.7. The molecule has 3 rings (SSSR count). The van der Waals surface area contributed by atoms with Crippen molar-refractivity contribution in [3.63, 3.8) is 0 Å². The van der Waals surface area contributed by atoms with Crippen LogP contribution in [0.1, 0.15) is 66.3 Å². The molecule has 1 heterocycles. The molecule has 0 saturated carbocycles. The molecule has 1 nitrogen and oxygen atoms in total. The quantitative estimate of drug-likeness (QED) is 0.430. The molecule has 0 saturated heterocycles. The van der Waals surface area contributed by atoms with Gasteiger partial charge in [0.15, 0.2) is 0 Å². The van der Waals surface area contributed by atoms with Crippen LogP contribution in [0.5, 0.6) is 0 Å². The Kier molecular flexibility index (Phi) is 6.22. The van der Waals surface area contributed by atoms with Gasteiger partial charge in [-0.25, -0.2) is 0 Å². The van der Waals surface area contributed by atoms with Crippen molar-refractivity contribution in [1.82, 2.24) is 4.98 Å². The van der Waals surface area contributed by atoms with Crippen molar-refractivity contribution in [2.24, 2.45) is 5.41 Å². The predicted octanol–water partition coefficient (Wildman–Crippen LogP) is 8.24. The minimum atomic E-state index is 0.295. The molecule has 0 amide bonds. The zero-order valence-electron chi connectivity index (χ0n) is 20.3. The Morgan fingerprint density at radius 2 is 1.10 bits per heavy atom. The second-order valence-electron chi connectivity index (χ2n) is 10.3. The average molecular weight is 400 g/mol. The van der Waals surface area contributed by atoms with E-state index < -0.39 is 0 Å². The van der Waals surface area contributed by atoms with E-state index in [0.717, 1.165) is 18.5 Å². The number of hydrogen-bond acceptors (Lipinski definition) is 1. The molecule has 0 radical (unpaired) electrons. The summed E-state index contributed by atoms with van der Waals surface area (Å²) in [5.74, 6) is 0. The van der Waals surface area contributed by atoms with Crippen molar-refractivity contribution in [2.75, 3.05) is 0 Å². The van der Waals surface area contributed by atoms with Gasteiger partial charge >= 0.3 is 0 Å². The summed E-state index contributed by atoms with van der Waals surface area (Å²) < 4.78 is 0. The molecule has 0 fully saturated rings. The molecule has 0 bridgehead atoms. The summed E-state index contributed by atoms with van der Waals surface area (Å²) in [6.07, 6.45) is 2.12. The van der Waals surface area contributed by atoms with Crippen LogP contribution >= 0.6 is 0 Å². The number of aromatic nitrogens is 1. The lowest BCUT2D eigenvalue weighted by molar-refractivity contribution is 0.376. The SMILES string of the molecule is Cc1cc(C)c(-c2cc(CCC(C)(C)C)nc(-c3c(C)cc(C)cc3C)c2)c(C)c1. The molecule has 0 aliphatic carbocycles. The molecule has 0 unspecified atom stereocenters. The number of aryl methyl sites for hydroxylation is 7. The molecule has 30 heavy (non-hydrogen) atoms. The van der Waals surface area contributed by atoms with Crippen LogP contribution in [0.25, 0.3) is 22.4 Å². The second kappa shape index (κ2) is 8.38. The number of benzene rings is 2. The van der Waals surface area contributed by atoms with Gasteiger partial charge in [0.25, 0.3) is 0 Å². The van der Waals surface area contributed by atoms with E-state index in [1.165, 1.54) is 55.8 Å². The second-order valence-corrected chi connectivity index (χ2v) is 10.3. The average Bonchev–Trinajstić information content (AvgIpc) is 2.57. The van der Waals surface area contributed by atoms with Crippen molar-refractivity contribution in [3.05, 3.63) is 75.5 Å². The Balaban J connectivity index is 2.23. The van der Waals surface area contributed by atoms with Crippen LogP contribution in [-0.4, -0.2) is 4.98 Å². The van der Waals surface area contributed by atoms with Crippen LogP contribution in [0.15, 0.2) is 36.4 Å². The van der Waals surface area contributed by atoms with Crippen LogP contribution in [0.4, 0.5) is 0 Å². The Morgan fingerprint density at radius 1 is 0.633 bits per heavy atom. The van der Waals surface area contributed by atoms with E-state index in [9.17, 15) is 0 Å². The fourth-order valence-electron chi connectivity index (χ4n) is 4.71. The highest BCUT2D eigenvalue weighted by molar-refractivity contribution is 5.78. The monoisotopic (exact) mass is 399 g/mol. The Labute approximate surface area is 183 Å². The number of pyridine rings is 1. The third-order valence-electron chi connectivity index (χ3n) is 5.91. The number of hydrogen-bond donors (Lipinski definition) is 0. The van der Waals surface area contributed by atoms with Gasteiger partial charge < -0.3 is 0 Å². The standard InChI is InChI=1S/C29H37N/c1-18-12-20(3)27(21(4)13-18)24-16-25(10-11-29(7,8)9)30-26(17-24)28-22(5)14-19(2)15-23(28)6/h12-17H,10-11H2,1-9H3. The van der Waals surface area contributed by atoms with Crippen molar-refractivity contribution >= 4 is 0 Å². The minimum Gasteiger partial charge on any atom is -0.253 e. The van der Waals surface area contributed by atoms with E-state index in [2.05, 4.69) is 98.7 Å². The summed E-state index contributed by atoms with van der Waals surface area (Å²) >= 11 is 0. The van der Waals surface area contributed by atoms with Crippen molar-refractivity contribution in [3.8, 4) is 22.4 Å². The Bertz CT molecular complexity index is 958. The van der Waals surface area contributed by atoms with E-state index in [1.807, 2.05) is 0 Å². The van der Waals surface area contributed by atoms with Crippen LogP contribution in [0.3, 0.4) is 0 Å². The van der Waals surface area contributed by atoms with Gasteiger partial charge in [0.1, 0.15) is 0 Å². The topological polar surface area (TPSA) is 12.9 Å². The highest BCUT2D eigenvalue weighted by atomic mass is 14.7. The first-order valence-corrected chi connectivity index (χ1v) is 11.1. The molecule has 0 aliphatic heterocycles. The first-order chi connectivity index (χ1) is 13.9. The Hall–Kier alpha value is -2.41. The highest BCUT2D eigenvalue weighted by Crippen LogP contribution is 2.35. The van der Waals surface area contributed by atoms with Crippen molar-refractivity contribution in [1.29, 1.82) is 0 Å². The summed E-state index contributed by atoms with van der Waals surface area (Å²) in [5, 5.41) is 0. The Morgan fingerprint density at radius 3 is 1.57 bits per heavy atom. The van der Waals surface area contributed by atoms with E-state index in [1.54, 1.807) is 0 Å². The highest BCUT2D eigenvalue weighted by Gasteiger charge is 2.16. The lowest BCUT2D eigenvalue weighted by atomic mass is 9.88. The van der Waals surface area contributed by atoms with Gasteiger partial charge in [-0.1, -0.05) is 56.2 Å². The largest absolute Gasteiger partial charge is 0.253 e. The van der Waals surface area contributed by atoms with Crippen LogP contribution in [-0.2, 0) is 6.42 Å². The molecule has 158 valence electrons. The molecule has 3 aromatic rings. The summed E-state index contributed by atoms with van der Waals surface area (Å²) in [4.78, 5) is 5.16. The predicted molar refractivity (Wildman–Crippen MR) is 131 cm³/mol. The van der Waals surface area contributed by atoms with E-state index in [4.69, 9.17) is 4.98 Å². The van der Waals surface area contributed by atoms with Gasteiger partial charge in [-0.15, -0.1) is 0 Å². The fraction of sp³-hybridized carbons (Fsp3) is 0.414. The maximum Gasteiger partial charge on any atom is 0.0716 e. The normalized spacial score (nSPS) is 11.8. The molecule has 0 atom stereocenters. The summed E-state index contributed by atoms with van der Waals surface area (Å²) in [7, 11) is 0. The lowest BCUT2D eigenvalue weighted by Gasteiger charge is -2.20. The summed E-state index contributed by atoms with van der Waals surface area (Å²) in [6.45, 7) is 20.1. The summed E-state index contributed by atoms with van der Waals surface area (Å²) in [5.41, 5.74) is 14.4. The van der Waals surface area contributed by atoms with Crippen molar-refractivity contribution < 1.29 is 0 Å². The maximum atomic E-state index is 5.16. The van der Waals surface area contributed by atoms with Gasteiger partial charge in [0.05, 0.1) is 5.69 Å². The maximum absolute atomic E-state index is 5.16. The van der Waals surface area contributed by atoms with Gasteiger partial charge in [0, 0.05) is 11.3 Å². The fourth-order valence-corrected chi connectivity index (χ4v) is 4.71. The van der Waals surface area contributed by atoms with Gasteiger partial charge in [-0.3, -0.25) is 4.98 Å². The smallest absolute Gasteiger partial charge is 0.0716 e. The van der Waals surface area contributed by atoms with Gasteiger partial charge in [-0.2, -0.15) is 0 Å². The van der Waals surface area contributed by atoms with Gasteiger partial charge in [-0.05, 0) is 105 Å². The zero-order chi connectivity index (χ0) is 22.2. The van der Waals surface area contributed by atoms with E-state index in [0.29, 0.717) is 5.41 Å². The molecule has 2 aromatic carbocycles. The van der Waals surface area contributed by atoms with E-state index in [-0.39, 0.29) is 0 Å². The van der Waals surface area contributed by atoms with Crippen LogP contribution in [0.2, 0.25) is 0 Å². The first kappa shape index (κ1) is 22.3. The molecule has 0 spiro atoms. The number of nitrogens with zero attached hydrogens (tertiary/aromatic N) is 1. The minimum absolute atomic E-state index is 0.295. The molecular weight excluding hydrogens is 362 g/mol. The van der Waals surface area contributed by atoms with Crippen LogP contribution in [0, 0.1) is 47.0 Å². The molecular formula is C29H37N. The molecule has 1 aromatic heterocycles. The molecule has 1 heteroatoms. The third-order valence-corrected chi connectivity index (χ3v) is 5.91. The van der Waals surface area contributed by atoms with Gasteiger partial charge in [0.2, 0.25) is 0 Å². The first-order valence-electron chi connectivity index (χ1n) is 11.1. The lowest BCUT2D eigenvalue weighted by Crippen LogP contribution is -2.08. The molecule has 0 N–H and O–H groups in total.